The molecule has 5 heteroatoms. The number of ether oxygens (including phenoxy) is 1. The van der Waals surface area contributed by atoms with Gasteiger partial charge in [0.25, 0.3) is 6.43 Å². The molecule has 0 amide bonds. The fraction of sp³-hybridized carbons (Fsp3) is 0.368. The van der Waals surface area contributed by atoms with Crippen LogP contribution in [0.15, 0.2) is 41.5 Å². The highest BCUT2D eigenvalue weighted by Crippen LogP contribution is 2.33. The van der Waals surface area contributed by atoms with E-state index in [1.165, 1.54) is 6.20 Å². The number of pyridine rings is 1. The average molecular weight is 330 g/mol. The van der Waals surface area contributed by atoms with Gasteiger partial charge in [-0.2, -0.15) is 0 Å². The number of aryl methyl sites for hydroxylation is 1. The van der Waals surface area contributed by atoms with Crippen molar-refractivity contribution in [2.45, 2.75) is 45.8 Å². The first-order chi connectivity index (χ1) is 11.3. The Bertz CT molecular complexity index is 800. The minimum absolute atomic E-state index is 0.102. The SMILES string of the molecule is Cc1cc(C2=N[C@H](C)C(C)(C)Oc3ccccc32)cnc1C(F)F. The lowest BCUT2D eigenvalue weighted by Crippen LogP contribution is -2.38. The van der Waals surface area contributed by atoms with E-state index in [0.29, 0.717) is 5.56 Å². The fourth-order valence-electron chi connectivity index (χ4n) is 2.71. The van der Waals surface area contributed by atoms with Crippen LogP contribution in [0.3, 0.4) is 0 Å². The molecule has 3 nitrogen and oxygen atoms in total. The van der Waals surface area contributed by atoms with Gasteiger partial charge in [0.15, 0.2) is 0 Å². The Balaban J connectivity index is 2.17. The van der Waals surface area contributed by atoms with E-state index in [2.05, 4.69) is 4.98 Å². The number of aliphatic imine (C=N–C) groups is 1. The number of halogens is 2. The Morgan fingerprint density at radius 2 is 1.92 bits per heavy atom. The number of aromatic nitrogens is 1. The summed E-state index contributed by atoms with van der Waals surface area (Å²) in [7, 11) is 0. The molecular formula is C19H20F2N2O. The number of fused-ring (bicyclic) bond motifs is 1. The fourth-order valence-corrected chi connectivity index (χ4v) is 2.71. The number of para-hydroxylation sites is 1. The summed E-state index contributed by atoms with van der Waals surface area (Å²) in [4.78, 5) is 8.77. The van der Waals surface area contributed by atoms with Crippen molar-refractivity contribution in [3.8, 4) is 5.75 Å². The molecule has 0 saturated heterocycles. The summed E-state index contributed by atoms with van der Waals surface area (Å²) in [6, 6.07) is 9.27. The first-order valence-electron chi connectivity index (χ1n) is 7.91. The second-order valence-corrected chi connectivity index (χ2v) is 6.58. The van der Waals surface area contributed by atoms with Gasteiger partial charge in [0.1, 0.15) is 17.0 Å². The molecule has 126 valence electrons. The van der Waals surface area contributed by atoms with E-state index in [4.69, 9.17) is 9.73 Å². The summed E-state index contributed by atoms with van der Waals surface area (Å²) < 4.78 is 32.1. The van der Waals surface area contributed by atoms with Crippen LogP contribution in [0, 0.1) is 6.92 Å². The van der Waals surface area contributed by atoms with E-state index < -0.39 is 12.0 Å². The molecule has 0 fully saturated rings. The number of nitrogens with zero attached hydrogens (tertiary/aromatic N) is 2. The molecule has 24 heavy (non-hydrogen) atoms. The summed E-state index contributed by atoms with van der Waals surface area (Å²) in [6.45, 7) is 7.61. The smallest absolute Gasteiger partial charge is 0.280 e. The van der Waals surface area contributed by atoms with Crippen LogP contribution >= 0.6 is 0 Å². The lowest BCUT2D eigenvalue weighted by atomic mass is 10.00. The van der Waals surface area contributed by atoms with Crippen molar-refractivity contribution in [1.82, 2.24) is 4.98 Å². The summed E-state index contributed by atoms with van der Waals surface area (Å²) >= 11 is 0. The Kier molecular flexibility index (Phi) is 4.11. The highest BCUT2D eigenvalue weighted by molar-refractivity contribution is 6.14. The van der Waals surface area contributed by atoms with E-state index in [-0.39, 0.29) is 11.7 Å². The molecular weight excluding hydrogens is 310 g/mol. The monoisotopic (exact) mass is 330 g/mol. The number of alkyl halides is 2. The molecule has 0 N–H and O–H groups in total. The zero-order chi connectivity index (χ0) is 17.5. The quantitative estimate of drug-likeness (QED) is 0.798. The van der Waals surface area contributed by atoms with Crippen LogP contribution in [-0.2, 0) is 0 Å². The zero-order valence-corrected chi connectivity index (χ0v) is 14.2. The van der Waals surface area contributed by atoms with Crippen molar-refractivity contribution in [2.24, 2.45) is 4.99 Å². The zero-order valence-electron chi connectivity index (χ0n) is 14.2. The Morgan fingerprint density at radius 3 is 2.58 bits per heavy atom. The molecule has 0 saturated carbocycles. The van der Waals surface area contributed by atoms with Gasteiger partial charge in [-0.1, -0.05) is 12.1 Å². The van der Waals surface area contributed by atoms with Crippen molar-refractivity contribution < 1.29 is 13.5 Å². The summed E-state index contributed by atoms with van der Waals surface area (Å²) in [5.41, 5.74) is 2.09. The van der Waals surface area contributed by atoms with E-state index in [1.54, 1.807) is 13.0 Å². The first kappa shape index (κ1) is 16.6. The van der Waals surface area contributed by atoms with E-state index in [9.17, 15) is 8.78 Å². The van der Waals surface area contributed by atoms with Gasteiger partial charge in [-0.3, -0.25) is 9.98 Å². The second kappa shape index (κ2) is 5.96. The lowest BCUT2D eigenvalue weighted by molar-refractivity contribution is 0.0891. The molecule has 2 heterocycles. The van der Waals surface area contributed by atoms with E-state index in [0.717, 1.165) is 22.6 Å². The molecule has 3 rings (SSSR count). The normalized spacial score (nSPS) is 19.3. The van der Waals surface area contributed by atoms with Crippen molar-refractivity contribution in [3.63, 3.8) is 0 Å². The third kappa shape index (κ3) is 2.90. The topological polar surface area (TPSA) is 34.5 Å². The van der Waals surface area contributed by atoms with Crippen molar-refractivity contribution in [3.05, 3.63) is 58.9 Å². The van der Waals surface area contributed by atoms with Crippen molar-refractivity contribution in [2.75, 3.05) is 0 Å². The maximum absolute atomic E-state index is 13.0. The van der Waals surface area contributed by atoms with Gasteiger partial charge in [-0.25, -0.2) is 8.78 Å². The molecule has 1 aromatic carbocycles. The second-order valence-electron chi connectivity index (χ2n) is 6.58. The minimum atomic E-state index is -2.58. The summed E-state index contributed by atoms with van der Waals surface area (Å²) in [5, 5.41) is 0. The number of rotatable bonds is 2. The molecule has 0 radical (unpaired) electrons. The summed E-state index contributed by atoms with van der Waals surface area (Å²) in [6.07, 6.45) is -1.11. The predicted octanol–water partition coefficient (Wildman–Crippen LogP) is 4.72. The maximum Gasteiger partial charge on any atom is 0.280 e. The molecule has 0 bridgehead atoms. The Hall–Kier alpha value is -2.30. The van der Waals surface area contributed by atoms with Gasteiger partial charge in [0.2, 0.25) is 0 Å². The van der Waals surface area contributed by atoms with Gasteiger partial charge in [-0.05, 0) is 51.5 Å². The number of hydrogen-bond donors (Lipinski definition) is 0. The molecule has 1 aliphatic rings. The molecule has 1 aliphatic heterocycles. The largest absolute Gasteiger partial charge is 0.485 e. The van der Waals surface area contributed by atoms with Crippen LogP contribution in [0.1, 0.15) is 49.6 Å². The molecule has 1 aromatic heterocycles. The van der Waals surface area contributed by atoms with Gasteiger partial charge < -0.3 is 4.74 Å². The third-order valence-corrected chi connectivity index (χ3v) is 4.44. The third-order valence-electron chi connectivity index (χ3n) is 4.44. The summed E-state index contributed by atoms with van der Waals surface area (Å²) in [5.74, 6) is 0.737. The van der Waals surface area contributed by atoms with Crippen LogP contribution < -0.4 is 4.74 Å². The molecule has 1 atom stereocenters. The van der Waals surface area contributed by atoms with Gasteiger partial charge >= 0.3 is 0 Å². The van der Waals surface area contributed by atoms with Crippen LogP contribution in [0.4, 0.5) is 8.78 Å². The first-order valence-corrected chi connectivity index (χ1v) is 7.91. The highest BCUT2D eigenvalue weighted by Gasteiger charge is 2.33. The van der Waals surface area contributed by atoms with Crippen LogP contribution in [-0.4, -0.2) is 22.3 Å². The number of hydrogen-bond acceptors (Lipinski definition) is 3. The molecule has 0 unspecified atom stereocenters. The highest BCUT2D eigenvalue weighted by atomic mass is 19.3. The van der Waals surface area contributed by atoms with E-state index >= 15 is 0 Å². The molecule has 0 aliphatic carbocycles. The minimum Gasteiger partial charge on any atom is -0.485 e. The van der Waals surface area contributed by atoms with E-state index in [1.807, 2.05) is 45.0 Å². The number of benzene rings is 1. The standard InChI is InChI=1S/C19H20F2N2O/c1-11-9-13(10-22-16(11)18(20)21)17-14-7-5-6-8-15(14)24-19(3,4)12(2)23-17/h5-10,12,18H,1-4H3/t12-/m1/s1. The Labute approximate surface area is 140 Å². The predicted molar refractivity (Wildman–Crippen MR) is 90.2 cm³/mol. The van der Waals surface area contributed by atoms with Crippen LogP contribution in [0.5, 0.6) is 5.75 Å². The lowest BCUT2D eigenvalue weighted by Gasteiger charge is -2.28. The van der Waals surface area contributed by atoms with Gasteiger partial charge in [-0.15, -0.1) is 0 Å². The van der Waals surface area contributed by atoms with Crippen LogP contribution in [0.2, 0.25) is 0 Å². The van der Waals surface area contributed by atoms with Crippen molar-refractivity contribution >= 4 is 5.71 Å². The average Bonchev–Trinajstić information content (AvgIpc) is 2.61. The van der Waals surface area contributed by atoms with Gasteiger partial charge in [0, 0.05) is 17.3 Å². The van der Waals surface area contributed by atoms with Gasteiger partial charge in [0.05, 0.1) is 11.8 Å². The van der Waals surface area contributed by atoms with Crippen LogP contribution in [0.25, 0.3) is 0 Å². The molecule has 2 aromatic rings. The van der Waals surface area contributed by atoms with Crippen molar-refractivity contribution in [1.29, 1.82) is 0 Å². The maximum atomic E-state index is 13.0. The molecule has 0 spiro atoms. The Morgan fingerprint density at radius 1 is 1.21 bits per heavy atom.